The van der Waals surface area contributed by atoms with Gasteiger partial charge in [0.1, 0.15) is 0 Å². The maximum absolute atomic E-state index is 6.06. The van der Waals surface area contributed by atoms with E-state index < -0.39 is 8.32 Å². The Balaban J connectivity index is 2.75. The standard InChI is InChI=1S/C14H22OSi/c1-5-7-11-15-16(3,4)14-10-8-9-13(6-2)12-14/h6,8-10,12H,2,5,7,11H2,1,3-4H3. The first-order valence-corrected chi connectivity index (χ1v) is 8.88. The van der Waals surface area contributed by atoms with E-state index in [0.29, 0.717) is 0 Å². The van der Waals surface area contributed by atoms with E-state index in [0.717, 1.165) is 13.0 Å². The first-order chi connectivity index (χ1) is 7.60. The van der Waals surface area contributed by atoms with Crippen molar-refractivity contribution in [1.29, 1.82) is 0 Å². The van der Waals surface area contributed by atoms with E-state index in [9.17, 15) is 0 Å². The highest BCUT2D eigenvalue weighted by atomic mass is 28.4. The number of hydrogen-bond donors (Lipinski definition) is 0. The predicted octanol–water partition coefficient (Wildman–Crippen LogP) is 3.56. The molecule has 1 nitrogen and oxygen atoms in total. The molecule has 0 aliphatic carbocycles. The van der Waals surface area contributed by atoms with Crippen molar-refractivity contribution >= 4 is 19.6 Å². The van der Waals surface area contributed by atoms with Gasteiger partial charge in [-0.25, -0.2) is 0 Å². The lowest BCUT2D eigenvalue weighted by molar-refractivity contribution is 0.307. The molecule has 0 amide bonds. The summed E-state index contributed by atoms with van der Waals surface area (Å²) >= 11 is 0. The zero-order valence-electron chi connectivity index (χ0n) is 10.6. The van der Waals surface area contributed by atoms with Gasteiger partial charge >= 0.3 is 0 Å². The van der Waals surface area contributed by atoms with Crippen molar-refractivity contribution in [2.45, 2.75) is 32.9 Å². The molecule has 0 saturated heterocycles. The lowest BCUT2D eigenvalue weighted by Gasteiger charge is -2.23. The van der Waals surface area contributed by atoms with Gasteiger partial charge in [0.15, 0.2) is 0 Å². The maximum atomic E-state index is 6.06. The topological polar surface area (TPSA) is 9.23 Å². The zero-order chi connectivity index (χ0) is 12.0. The van der Waals surface area contributed by atoms with Crippen LogP contribution in [0.3, 0.4) is 0 Å². The molecule has 0 fully saturated rings. The molecular formula is C14H22OSi. The molecular weight excluding hydrogens is 212 g/mol. The molecule has 0 unspecified atom stereocenters. The smallest absolute Gasteiger partial charge is 0.218 e. The van der Waals surface area contributed by atoms with Gasteiger partial charge in [-0.05, 0) is 30.3 Å². The second-order valence-corrected chi connectivity index (χ2v) is 8.43. The van der Waals surface area contributed by atoms with Crippen LogP contribution in [0.2, 0.25) is 13.1 Å². The molecule has 1 aromatic carbocycles. The largest absolute Gasteiger partial charge is 0.413 e. The number of rotatable bonds is 6. The van der Waals surface area contributed by atoms with Crippen molar-refractivity contribution in [1.82, 2.24) is 0 Å². The van der Waals surface area contributed by atoms with Gasteiger partial charge < -0.3 is 4.43 Å². The average molecular weight is 234 g/mol. The normalized spacial score (nSPS) is 11.4. The van der Waals surface area contributed by atoms with Gasteiger partial charge in [0.05, 0.1) is 0 Å². The van der Waals surface area contributed by atoms with Crippen LogP contribution in [0.15, 0.2) is 30.8 Å². The van der Waals surface area contributed by atoms with Crippen molar-refractivity contribution in [2.75, 3.05) is 6.61 Å². The van der Waals surface area contributed by atoms with E-state index in [1.54, 1.807) is 0 Å². The summed E-state index contributed by atoms with van der Waals surface area (Å²) in [6, 6.07) is 8.54. The molecule has 0 aromatic heterocycles. The fourth-order valence-corrected chi connectivity index (χ4v) is 3.43. The molecule has 0 atom stereocenters. The van der Waals surface area contributed by atoms with Crippen LogP contribution in [0.25, 0.3) is 6.08 Å². The van der Waals surface area contributed by atoms with Gasteiger partial charge in [-0.15, -0.1) is 0 Å². The van der Waals surface area contributed by atoms with Crippen LogP contribution in [0.4, 0.5) is 0 Å². The third-order valence-electron chi connectivity index (χ3n) is 2.78. The fraction of sp³-hybridized carbons (Fsp3) is 0.429. The van der Waals surface area contributed by atoms with Crippen LogP contribution >= 0.6 is 0 Å². The summed E-state index contributed by atoms with van der Waals surface area (Å²) in [5, 5.41) is 1.35. The van der Waals surface area contributed by atoms with Crippen molar-refractivity contribution < 1.29 is 4.43 Å². The van der Waals surface area contributed by atoms with Gasteiger partial charge in [-0.1, -0.05) is 50.3 Å². The van der Waals surface area contributed by atoms with E-state index in [2.05, 4.69) is 50.9 Å². The molecule has 1 rings (SSSR count). The summed E-state index contributed by atoms with van der Waals surface area (Å²) in [6.07, 6.45) is 4.23. The van der Waals surface area contributed by atoms with E-state index in [1.807, 2.05) is 6.08 Å². The summed E-state index contributed by atoms with van der Waals surface area (Å²) < 4.78 is 6.06. The van der Waals surface area contributed by atoms with E-state index in [-0.39, 0.29) is 0 Å². The van der Waals surface area contributed by atoms with Crippen LogP contribution in [0, 0.1) is 0 Å². The molecule has 0 spiro atoms. The first kappa shape index (κ1) is 13.2. The summed E-state index contributed by atoms with van der Waals surface area (Å²) in [7, 11) is -1.71. The fourth-order valence-electron chi connectivity index (χ4n) is 1.60. The Morgan fingerprint density at radius 2 is 2.12 bits per heavy atom. The molecule has 0 aliphatic heterocycles. The second kappa shape index (κ2) is 6.02. The van der Waals surface area contributed by atoms with Gasteiger partial charge in [-0.2, -0.15) is 0 Å². The summed E-state index contributed by atoms with van der Waals surface area (Å²) in [6.45, 7) is 11.4. The van der Waals surface area contributed by atoms with Crippen molar-refractivity contribution in [2.24, 2.45) is 0 Å². The Bertz CT molecular complexity index is 344. The van der Waals surface area contributed by atoms with E-state index >= 15 is 0 Å². The van der Waals surface area contributed by atoms with Crippen molar-refractivity contribution in [3.05, 3.63) is 36.4 Å². The Hall–Kier alpha value is -0.863. The highest BCUT2D eigenvalue weighted by Crippen LogP contribution is 2.09. The lowest BCUT2D eigenvalue weighted by atomic mass is 10.2. The Labute approximate surface area is 100 Å². The van der Waals surface area contributed by atoms with Crippen molar-refractivity contribution in [3.8, 4) is 0 Å². The monoisotopic (exact) mass is 234 g/mol. The molecule has 2 heteroatoms. The van der Waals surface area contributed by atoms with Crippen LogP contribution in [0.5, 0.6) is 0 Å². The van der Waals surface area contributed by atoms with Gasteiger partial charge in [-0.3, -0.25) is 0 Å². The van der Waals surface area contributed by atoms with Crippen LogP contribution < -0.4 is 5.19 Å². The molecule has 1 aromatic rings. The molecule has 0 heterocycles. The molecule has 16 heavy (non-hydrogen) atoms. The van der Waals surface area contributed by atoms with Gasteiger partial charge in [0.2, 0.25) is 8.32 Å². The second-order valence-electron chi connectivity index (χ2n) is 4.54. The summed E-state index contributed by atoms with van der Waals surface area (Å²) in [4.78, 5) is 0. The number of hydrogen-bond acceptors (Lipinski definition) is 1. The van der Waals surface area contributed by atoms with Crippen LogP contribution in [-0.2, 0) is 4.43 Å². The van der Waals surface area contributed by atoms with Gasteiger partial charge in [0, 0.05) is 6.61 Å². The molecule has 0 aliphatic rings. The third kappa shape index (κ3) is 3.61. The molecule has 0 N–H and O–H groups in total. The predicted molar refractivity (Wildman–Crippen MR) is 74.5 cm³/mol. The van der Waals surface area contributed by atoms with Crippen LogP contribution in [-0.4, -0.2) is 14.9 Å². The summed E-state index contributed by atoms with van der Waals surface area (Å²) in [5.74, 6) is 0. The quantitative estimate of drug-likeness (QED) is 0.540. The number of benzene rings is 1. The minimum Gasteiger partial charge on any atom is -0.413 e. The maximum Gasteiger partial charge on any atom is 0.218 e. The SMILES string of the molecule is C=Cc1cccc([Si](C)(C)OCCCC)c1. The van der Waals surface area contributed by atoms with E-state index in [4.69, 9.17) is 4.43 Å². The first-order valence-electron chi connectivity index (χ1n) is 5.97. The Morgan fingerprint density at radius 3 is 2.75 bits per heavy atom. The molecule has 0 saturated carbocycles. The molecule has 88 valence electrons. The Kier molecular flexibility index (Phi) is 4.96. The van der Waals surface area contributed by atoms with E-state index in [1.165, 1.54) is 17.2 Å². The van der Waals surface area contributed by atoms with Crippen LogP contribution in [0.1, 0.15) is 25.3 Å². The lowest BCUT2D eigenvalue weighted by Crippen LogP contribution is -2.45. The number of unbranched alkanes of at least 4 members (excludes halogenated alkanes) is 1. The third-order valence-corrected chi connectivity index (χ3v) is 5.41. The highest BCUT2D eigenvalue weighted by molar-refractivity contribution is 6.84. The minimum absolute atomic E-state index is 0.883. The molecule has 0 bridgehead atoms. The van der Waals surface area contributed by atoms with Gasteiger partial charge in [0.25, 0.3) is 0 Å². The van der Waals surface area contributed by atoms with Crippen molar-refractivity contribution in [3.63, 3.8) is 0 Å². The average Bonchev–Trinajstić information content (AvgIpc) is 2.29. The minimum atomic E-state index is -1.71. The molecule has 0 radical (unpaired) electrons. The Morgan fingerprint density at radius 1 is 1.38 bits per heavy atom. The highest BCUT2D eigenvalue weighted by Gasteiger charge is 2.24. The summed E-state index contributed by atoms with van der Waals surface area (Å²) in [5.41, 5.74) is 1.18. The zero-order valence-corrected chi connectivity index (χ0v) is 11.6.